The number of carbonyl (C=O) groups excluding carboxylic acids is 1. The van der Waals surface area contributed by atoms with Crippen LogP contribution in [-0.4, -0.2) is 43.3 Å². The predicted octanol–water partition coefficient (Wildman–Crippen LogP) is 2.61. The molecule has 0 bridgehead atoms. The summed E-state index contributed by atoms with van der Waals surface area (Å²) >= 11 is 11.6. The SMILES string of the molecule is O=C(O)C[C@H](C(=O)O)N1C(=O)/C(=C/c2c(F)cccc2Cl)SC1=S. The number of rotatable bonds is 5. The first-order chi connectivity index (χ1) is 11.2. The molecule has 6 nitrogen and oxygen atoms in total. The molecule has 1 aliphatic heterocycles. The third-order valence-electron chi connectivity index (χ3n) is 3.06. The number of carboxylic acid groups (broad SMARTS) is 2. The van der Waals surface area contributed by atoms with Gasteiger partial charge in [-0.05, 0) is 18.2 Å². The molecule has 0 spiro atoms. The Hall–Kier alpha value is -1.97. The van der Waals surface area contributed by atoms with E-state index in [0.29, 0.717) is 4.90 Å². The number of aliphatic carboxylic acids is 2. The molecule has 1 aliphatic rings. The average Bonchev–Trinajstić information content (AvgIpc) is 2.75. The first-order valence-corrected chi connectivity index (χ1v) is 7.98. The summed E-state index contributed by atoms with van der Waals surface area (Å²) in [6, 6.07) is 2.34. The zero-order valence-corrected chi connectivity index (χ0v) is 14.1. The second-order valence-electron chi connectivity index (χ2n) is 4.64. The molecule has 0 saturated carbocycles. The summed E-state index contributed by atoms with van der Waals surface area (Å²) in [4.78, 5) is 35.1. The maximum Gasteiger partial charge on any atom is 0.327 e. The van der Waals surface area contributed by atoms with Gasteiger partial charge in [0.15, 0.2) is 0 Å². The summed E-state index contributed by atoms with van der Waals surface area (Å²) in [5.41, 5.74) is -0.0372. The number of hydrogen-bond donors (Lipinski definition) is 2. The van der Waals surface area contributed by atoms with Crippen molar-refractivity contribution in [3.8, 4) is 0 Å². The molecule has 2 rings (SSSR count). The highest BCUT2D eigenvalue weighted by Gasteiger charge is 2.41. The van der Waals surface area contributed by atoms with E-state index in [1.165, 1.54) is 12.1 Å². The van der Waals surface area contributed by atoms with Crippen molar-refractivity contribution in [3.63, 3.8) is 0 Å². The van der Waals surface area contributed by atoms with E-state index < -0.39 is 36.1 Å². The van der Waals surface area contributed by atoms with Gasteiger partial charge in [-0.25, -0.2) is 9.18 Å². The van der Waals surface area contributed by atoms with Crippen LogP contribution in [0.5, 0.6) is 0 Å². The molecule has 1 amide bonds. The van der Waals surface area contributed by atoms with E-state index in [1.54, 1.807) is 0 Å². The molecule has 126 valence electrons. The normalized spacial score (nSPS) is 17.4. The number of amides is 1. The molecule has 1 atom stereocenters. The molecule has 0 aliphatic carbocycles. The molecule has 24 heavy (non-hydrogen) atoms. The molecule has 1 heterocycles. The Labute approximate surface area is 149 Å². The van der Waals surface area contributed by atoms with Crippen LogP contribution in [0.4, 0.5) is 4.39 Å². The number of thioether (sulfide) groups is 1. The Kier molecular flexibility index (Phi) is 5.58. The first kappa shape index (κ1) is 18.4. The Bertz CT molecular complexity index is 762. The third-order valence-corrected chi connectivity index (χ3v) is 4.72. The maximum atomic E-state index is 13.8. The maximum absolute atomic E-state index is 13.8. The van der Waals surface area contributed by atoms with Crippen molar-refractivity contribution in [3.05, 3.63) is 39.5 Å². The van der Waals surface area contributed by atoms with Crippen molar-refractivity contribution in [2.75, 3.05) is 0 Å². The number of benzene rings is 1. The van der Waals surface area contributed by atoms with Crippen LogP contribution in [-0.2, 0) is 14.4 Å². The van der Waals surface area contributed by atoms with E-state index in [-0.39, 0.29) is 19.8 Å². The molecule has 1 saturated heterocycles. The number of nitrogens with zero attached hydrogens (tertiary/aromatic N) is 1. The monoisotopic (exact) mass is 389 g/mol. The first-order valence-electron chi connectivity index (χ1n) is 6.38. The summed E-state index contributed by atoms with van der Waals surface area (Å²) in [6.45, 7) is 0. The quantitative estimate of drug-likeness (QED) is 0.590. The van der Waals surface area contributed by atoms with E-state index in [1.807, 2.05) is 0 Å². The third kappa shape index (κ3) is 3.74. The van der Waals surface area contributed by atoms with Gasteiger partial charge in [-0.2, -0.15) is 0 Å². The fraction of sp³-hybridized carbons (Fsp3) is 0.143. The minimum Gasteiger partial charge on any atom is -0.481 e. The molecule has 1 aromatic rings. The lowest BCUT2D eigenvalue weighted by molar-refractivity contribution is -0.150. The van der Waals surface area contributed by atoms with Gasteiger partial charge in [0.2, 0.25) is 0 Å². The van der Waals surface area contributed by atoms with Crippen LogP contribution in [0, 0.1) is 5.82 Å². The lowest BCUT2D eigenvalue weighted by atomic mass is 10.1. The van der Waals surface area contributed by atoms with E-state index in [4.69, 9.17) is 34.0 Å². The molecule has 2 N–H and O–H groups in total. The van der Waals surface area contributed by atoms with Crippen LogP contribution in [0.3, 0.4) is 0 Å². The molecule has 10 heteroatoms. The molecule has 0 aromatic heterocycles. The Balaban J connectivity index is 2.39. The number of carboxylic acids is 2. The molecule has 0 radical (unpaired) electrons. The van der Waals surface area contributed by atoms with Crippen molar-refractivity contribution >= 4 is 63.8 Å². The van der Waals surface area contributed by atoms with Crippen LogP contribution in [0.1, 0.15) is 12.0 Å². The zero-order valence-electron chi connectivity index (χ0n) is 11.7. The topological polar surface area (TPSA) is 94.9 Å². The molecule has 0 unspecified atom stereocenters. The smallest absolute Gasteiger partial charge is 0.327 e. The highest BCUT2D eigenvalue weighted by molar-refractivity contribution is 8.26. The number of halogens is 2. The van der Waals surface area contributed by atoms with Gasteiger partial charge in [0, 0.05) is 5.56 Å². The molecular formula is C14H9ClFNO5S2. The number of carbonyl (C=O) groups is 3. The van der Waals surface area contributed by atoms with Crippen molar-refractivity contribution in [2.24, 2.45) is 0 Å². The van der Waals surface area contributed by atoms with Crippen molar-refractivity contribution in [1.82, 2.24) is 4.90 Å². The Morgan fingerprint density at radius 3 is 2.62 bits per heavy atom. The fourth-order valence-electron chi connectivity index (χ4n) is 1.98. The number of hydrogen-bond acceptors (Lipinski definition) is 5. The minimum absolute atomic E-state index is 0.0372. The van der Waals surface area contributed by atoms with Crippen molar-refractivity contribution in [1.29, 1.82) is 0 Å². The van der Waals surface area contributed by atoms with Crippen LogP contribution < -0.4 is 0 Å². The number of thiocarbonyl (C=S) groups is 1. The van der Waals surface area contributed by atoms with E-state index in [2.05, 4.69) is 0 Å². The van der Waals surface area contributed by atoms with Gasteiger partial charge in [-0.3, -0.25) is 14.5 Å². The van der Waals surface area contributed by atoms with Gasteiger partial charge in [0.05, 0.1) is 16.3 Å². The van der Waals surface area contributed by atoms with Crippen LogP contribution in [0.15, 0.2) is 23.1 Å². The summed E-state index contributed by atoms with van der Waals surface area (Å²) in [7, 11) is 0. The Morgan fingerprint density at radius 1 is 1.42 bits per heavy atom. The van der Waals surface area contributed by atoms with Gasteiger partial charge in [0.1, 0.15) is 16.2 Å². The summed E-state index contributed by atoms with van der Waals surface area (Å²) in [5.74, 6) is -4.36. The summed E-state index contributed by atoms with van der Waals surface area (Å²) in [5, 5.41) is 18.0. The van der Waals surface area contributed by atoms with Crippen LogP contribution in [0.25, 0.3) is 6.08 Å². The van der Waals surface area contributed by atoms with E-state index in [0.717, 1.165) is 23.9 Å². The molecule has 1 fully saturated rings. The second-order valence-corrected chi connectivity index (χ2v) is 6.72. The zero-order chi connectivity index (χ0) is 18.0. The van der Waals surface area contributed by atoms with E-state index in [9.17, 15) is 18.8 Å². The highest BCUT2D eigenvalue weighted by atomic mass is 35.5. The van der Waals surface area contributed by atoms with Crippen LogP contribution >= 0.6 is 35.6 Å². The van der Waals surface area contributed by atoms with Crippen molar-refractivity contribution in [2.45, 2.75) is 12.5 Å². The van der Waals surface area contributed by atoms with Gasteiger partial charge in [-0.1, -0.05) is 41.6 Å². The van der Waals surface area contributed by atoms with E-state index >= 15 is 0 Å². The molecule has 1 aromatic carbocycles. The predicted molar refractivity (Wildman–Crippen MR) is 90.1 cm³/mol. The minimum atomic E-state index is -1.64. The average molecular weight is 390 g/mol. The fourth-order valence-corrected chi connectivity index (χ4v) is 3.54. The summed E-state index contributed by atoms with van der Waals surface area (Å²) in [6.07, 6.45) is 0.353. The Morgan fingerprint density at radius 2 is 2.08 bits per heavy atom. The van der Waals surface area contributed by atoms with Gasteiger partial charge in [-0.15, -0.1) is 0 Å². The second kappa shape index (κ2) is 7.29. The highest BCUT2D eigenvalue weighted by Crippen LogP contribution is 2.36. The van der Waals surface area contributed by atoms with Gasteiger partial charge >= 0.3 is 11.9 Å². The standard InChI is InChI=1S/C14H9ClFNO5S2/c15-7-2-1-3-8(16)6(7)4-10-12(20)17(14(23)24-10)9(13(21)22)5-11(18)19/h1-4,9H,5H2,(H,18,19)(H,21,22)/b10-4-/t9-/m1/s1. The van der Waals surface area contributed by atoms with Crippen molar-refractivity contribution < 1.29 is 29.0 Å². The van der Waals surface area contributed by atoms with Gasteiger partial charge < -0.3 is 10.2 Å². The van der Waals surface area contributed by atoms with Crippen LogP contribution in [0.2, 0.25) is 5.02 Å². The summed E-state index contributed by atoms with van der Waals surface area (Å²) < 4.78 is 13.7. The lowest BCUT2D eigenvalue weighted by Crippen LogP contribution is -2.45. The van der Waals surface area contributed by atoms with Gasteiger partial charge in [0.25, 0.3) is 5.91 Å². The molecular weight excluding hydrogens is 381 g/mol. The largest absolute Gasteiger partial charge is 0.481 e. The lowest BCUT2D eigenvalue weighted by Gasteiger charge is -2.21.